The van der Waals surface area contributed by atoms with Gasteiger partial charge in [-0.1, -0.05) is 0 Å². The largest absolute Gasteiger partial charge is 0.464 e. The van der Waals surface area contributed by atoms with Crippen LogP contribution in [-0.4, -0.2) is 0 Å². The van der Waals surface area contributed by atoms with E-state index in [9.17, 15) is 0 Å². The summed E-state index contributed by atoms with van der Waals surface area (Å²) in [6, 6.07) is 24.0. The Morgan fingerprint density at radius 2 is 0.676 bits per heavy atom. The minimum atomic E-state index is -1.28. The Bertz CT molecular complexity index is 1880. The molecule has 0 bridgehead atoms. The van der Waals surface area contributed by atoms with Crippen molar-refractivity contribution in [3.05, 3.63) is 91.6 Å². The minimum Gasteiger partial charge on any atom is -0.464 e. The first kappa shape index (κ1) is 19.5. The van der Waals surface area contributed by atoms with E-state index < -0.39 is 7.92 Å². The normalized spacial score (nSPS) is 12.6. The van der Waals surface area contributed by atoms with Gasteiger partial charge in [-0.25, -0.2) is 0 Å². The van der Waals surface area contributed by atoms with Gasteiger partial charge in [-0.2, -0.15) is 0 Å². The van der Waals surface area contributed by atoms with E-state index in [0.29, 0.717) is 0 Å². The molecule has 0 aliphatic carbocycles. The summed E-state index contributed by atoms with van der Waals surface area (Å²) >= 11 is 0. The van der Waals surface area contributed by atoms with Crippen molar-refractivity contribution >= 4 is 90.2 Å². The maximum atomic E-state index is 6.46. The number of fused-ring (bicyclic) bond motifs is 6. The van der Waals surface area contributed by atoms with Gasteiger partial charge in [0.15, 0.2) is 0 Å². The third-order valence-corrected chi connectivity index (χ3v) is 8.88. The molecule has 9 aromatic rings. The molecule has 3 aromatic carbocycles. The average Bonchev–Trinajstić information content (AvgIpc) is 3.71. The van der Waals surface area contributed by atoms with Crippen molar-refractivity contribution in [2.45, 2.75) is 0 Å². The molecule has 0 saturated carbocycles. The summed E-state index contributed by atoms with van der Waals surface area (Å²) in [6.07, 6.45) is 5.06. The molecule has 0 atom stereocenters. The average molecular weight is 502 g/mol. The van der Waals surface area contributed by atoms with E-state index in [1.807, 2.05) is 54.6 Å². The topological polar surface area (TPSA) is 78.8 Å². The van der Waals surface area contributed by atoms with Gasteiger partial charge in [0.25, 0.3) is 0 Å². The molecule has 0 radical (unpaired) electrons. The van der Waals surface area contributed by atoms with Crippen molar-refractivity contribution in [3.8, 4) is 0 Å². The lowest BCUT2D eigenvalue weighted by molar-refractivity contribution is 0.615. The van der Waals surface area contributed by atoms with Gasteiger partial charge in [0.1, 0.15) is 57.9 Å². The second kappa shape index (κ2) is 6.96. The smallest absolute Gasteiger partial charge is 0.142 e. The Morgan fingerprint density at radius 1 is 0.351 bits per heavy atom. The molecule has 0 saturated heterocycles. The fraction of sp³-hybridized carbons (Fsp3) is 0. The van der Waals surface area contributed by atoms with Crippen LogP contribution in [0.5, 0.6) is 0 Å². The van der Waals surface area contributed by atoms with E-state index in [4.69, 9.17) is 26.5 Å². The summed E-state index contributed by atoms with van der Waals surface area (Å²) in [4.78, 5) is 0. The van der Waals surface area contributed by atoms with E-state index in [1.54, 1.807) is 18.8 Å². The van der Waals surface area contributed by atoms with Crippen LogP contribution in [0.2, 0.25) is 0 Å². The van der Waals surface area contributed by atoms with Crippen LogP contribution in [-0.2, 0) is 0 Å². The maximum Gasteiger partial charge on any atom is 0.142 e. The van der Waals surface area contributed by atoms with Crippen LogP contribution < -0.4 is 16.5 Å². The lowest BCUT2D eigenvalue weighted by atomic mass is 10.2. The first-order valence-electron chi connectivity index (χ1n) is 11.8. The molecular weight excluding hydrogens is 487 g/mol. The highest BCUT2D eigenvalue weighted by molar-refractivity contribution is 7.78. The van der Waals surface area contributed by atoms with Crippen molar-refractivity contribution in [2.75, 3.05) is 0 Å². The Morgan fingerprint density at radius 3 is 1.03 bits per heavy atom. The summed E-state index contributed by atoms with van der Waals surface area (Å²) in [7, 11) is -1.28. The van der Waals surface area contributed by atoms with Gasteiger partial charge in [-0.05, 0) is 72.8 Å². The van der Waals surface area contributed by atoms with Crippen molar-refractivity contribution in [3.63, 3.8) is 0 Å². The predicted octanol–water partition coefficient (Wildman–Crippen LogP) is 7.92. The molecule has 37 heavy (non-hydrogen) atoms. The fourth-order valence-corrected chi connectivity index (χ4v) is 7.12. The second-order valence-electron chi connectivity index (χ2n) is 9.13. The van der Waals surface area contributed by atoms with Gasteiger partial charge in [0.05, 0.1) is 18.8 Å². The van der Waals surface area contributed by atoms with Gasteiger partial charge in [0.2, 0.25) is 0 Å². The van der Waals surface area contributed by atoms with Crippen LogP contribution in [0.4, 0.5) is 0 Å². The molecule has 0 spiro atoms. The number of hydrogen-bond acceptors (Lipinski definition) is 6. The molecule has 6 heterocycles. The zero-order valence-electron chi connectivity index (χ0n) is 19.1. The van der Waals surface area contributed by atoms with Crippen molar-refractivity contribution < 1.29 is 26.5 Å². The monoisotopic (exact) mass is 502 g/mol. The lowest BCUT2D eigenvalue weighted by Crippen LogP contribution is -2.17. The number of hydrogen-bond donors (Lipinski definition) is 0. The van der Waals surface area contributed by atoms with Crippen LogP contribution in [0.3, 0.4) is 0 Å². The van der Waals surface area contributed by atoms with Gasteiger partial charge < -0.3 is 26.5 Å². The van der Waals surface area contributed by atoms with Crippen LogP contribution >= 0.6 is 7.92 Å². The summed E-state index contributed by atoms with van der Waals surface area (Å²) in [5.41, 5.74) is 7.18. The molecule has 0 aliphatic heterocycles. The Hall–Kier alpha value is -4.67. The van der Waals surface area contributed by atoms with E-state index in [-0.39, 0.29) is 0 Å². The van der Waals surface area contributed by atoms with Crippen molar-refractivity contribution in [2.24, 2.45) is 0 Å². The summed E-state index contributed by atoms with van der Waals surface area (Å²) < 4.78 is 36.2. The number of benzene rings is 3. The van der Waals surface area contributed by atoms with Crippen molar-refractivity contribution in [1.29, 1.82) is 0 Å². The first-order chi connectivity index (χ1) is 18.2. The van der Waals surface area contributed by atoms with Crippen LogP contribution in [0.1, 0.15) is 0 Å². The highest BCUT2D eigenvalue weighted by Gasteiger charge is 2.29. The molecule has 6 aromatic heterocycles. The molecule has 9 rings (SSSR count). The summed E-state index contributed by atoms with van der Waals surface area (Å²) in [5.74, 6) is 0. The van der Waals surface area contributed by atoms with E-state index in [0.717, 1.165) is 82.3 Å². The molecule has 0 amide bonds. The zero-order valence-corrected chi connectivity index (χ0v) is 20.0. The molecule has 7 heteroatoms. The number of rotatable bonds is 3. The highest BCUT2D eigenvalue weighted by Crippen LogP contribution is 2.40. The lowest BCUT2D eigenvalue weighted by Gasteiger charge is -2.08. The standard InChI is InChI=1S/C30H15O6P/c1-4-31-22-10-19-13-28(34-25(19)7-16(1)22)37(29-14-20-11-23-17(2-5-32-23)8-26(20)35-29)30-15-21-12-24-18(3-6-33-24)9-27(21)36-30/h1-15H. The third kappa shape index (κ3) is 2.85. The molecule has 0 N–H and O–H groups in total. The van der Waals surface area contributed by atoms with Gasteiger partial charge >= 0.3 is 0 Å². The molecule has 176 valence electrons. The maximum absolute atomic E-state index is 6.46. The summed E-state index contributed by atoms with van der Waals surface area (Å²) in [6.45, 7) is 0. The van der Waals surface area contributed by atoms with Crippen LogP contribution in [0.25, 0.3) is 65.8 Å². The van der Waals surface area contributed by atoms with Crippen molar-refractivity contribution in [1.82, 2.24) is 0 Å². The molecular formula is C30H15O6P. The minimum absolute atomic E-state index is 0.781. The molecule has 0 unspecified atom stereocenters. The summed E-state index contributed by atoms with van der Waals surface area (Å²) in [5, 5.41) is 5.88. The van der Waals surface area contributed by atoms with E-state index in [2.05, 4.69) is 18.2 Å². The van der Waals surface area contributed by atoms with Gasteiger partial charge in [-0.3, -0.25) is 0 Å². The second-order valence-corrected chi connectivity index (χ2v) is 11.1. The number of furan rings is 6. The fourth-order valence-electron chi connectivity index (χ4n) is 5.10. The Kier molecular flexibility index (Phi) is 3.67. The first-order valence-corrected chi connectivity index (χ1v) is 13.1. The van der Waals surface area contributed by atoms with E-state index in [1.165, 1.54) is 0 Å². The van der Waals surface area contributed by atoms with E-state index >= 15 is 0 Å². The van der Waals surface area contributed by atoms with Crippen LogP contribution in [0, 0.1) is 0 Å². The third-order valence-electron chi connectivity index (χ3n) is 6.90. The molecule has 0 aliphatic rings. The molecule has 6 nitrogen and oxygen atoms in total. The molecule has 0 fully saturated rings. The predicted molar refractivity (Wildman–Crippen MR) is 144 cm³/mol. The quantitative estimate of drug-likeness (QED) is 0.228. The zero-order chi connectivity index (χ0) is 24.1. The Balaban J connectivity index is 1.29. The SMILES string of the molecule is c1cc2cc3oc(P(c4cc5cc6occc6cc5o4)c4cc5cc6occc6cc5o4)cc3cc2o1. The van der Waals surface area contributed by atoms with Gasteiger partial charge in [-0.15, -0.1) is 0 Å². The van der Waals surface area contributed by atoms with Crippen LogP contribution in [0.15, 0.2) is 118 Å². The van der Waals surface area contributed by atoms with Gasteiger partial charge in [0, 0.05) is 32.3 Å². The highest BCUT2D eigenvalue weighted by atomic mass is 31.1. The Labute approximate surface area is 208 Å².